The van der Waals surface area contributed by atoms with E-state index in [4.69, 9.17) is 0 Å². The molecule has 0 radical (unpaired) electrons. The molecule has 0 aliphatic carbocycles. The minimum atomic E-state index is -3.87. The molecule has 0 amide bonds. The van der Waals surface area contributed by atoms with Crippen LogP contribution >= 0.6 is 0 Å². The van der Waals surface area contributed by atoms with Gasteiger partial charge in [-0.3, -0.25) is 0 Å². The van der Waals surface area contributed by atoms with E-state index in [2.05, 4.69) is 6.58 Å². The second-order valence-electron chi connectivity index (χ2n) is 2.33. The zero-order chi connectivity index (χ0) is 9.78. The number of halogens is 5. The third-order valence-corrected chi connectivity index (χ3v) is 1.28. The van der Waals surface area contributed by atoms with Gasteiger partial charge in [-0.15, -0.1) is 6.58 Å². The van der Waals surface area contributed by atoms with E-state index in [1.165, 1.54) is 0 Å². The fourth-order valence-electron chi connectivity index (χ4n) is 0.648. The molecular weight excluding hydrogens is 179 g/mol. The Labute approximate surface area is 67.1 Å². The third kappa shape index (κ3) is 2.79. The van der Waals surface area contributed by atoms with Crippen molar-refractivity contribution in [3.8, 4) is 0 Å². The van der Waals surface area contributed by atoms with Gasteiger partial charge in [0.15, 0.2) is 12.3 Å². The normalized spacial score (nSPS) is 17.1. The summed E-state index contributed by atoms with van der Waals surface area (Å²) in [5.41, 5.74) is 0. The molecule has 0 bridgehead atoms. The highest BCUT2D eigenvalue weighted by atomic mass is 19.3. The lowest BCUT2D eigenvalue weighted by Gasteiger charge is -2.20. The molecule has 72 valence electrons. The van der Waals surface area contributed by atoms with Crippen LogP contribution in [0.4, 0.5) is 22.0 Å². The number of allylic oxidation sites excluding steroid dienone is 1. The molecule has 12 heavy (non-hydrogen) atoms. The number of rotatable bonds is 5. The lowest BCUT2D eigenvalue weighted by molar-refractivity contribution is -0.0993. The molecule has 0 aromatic carbocycles. The highest BCUT2D eigenvalue weighted by Gasteiger charge is 2.44. The predicted octanol–water partition coefficient (Wildman–Crippen LogP) is 2.84. The van der Waals surface area contributed by atoms with E-state index in [1.807, 2.05) is 0 Å². The molecule has 5 heteroatoms. The lowest BCUT2D eigenvalue weighted by Crippen LogP contribution is -2.38. The minimum absolute atomic E-state index is 0.761. The third-order valence-electron chi connectivity index (χ3n) is 1.28. The SMILES string of the molecule is C=CCC(F)(F)C(F)C(F)CF. The van der Waals surface area contributed by atoms with Crippen LogP contribution in [0.1, 0.15) is 6.42 Å². The van der Waals surface area contributed by atoms with Gasteiger partial charge in [0, 0.05) is 6.42 Å². The quantitative estimate of drug-likeness (QED) is 0.459. The molecule has 0 fully saturated rings. The Bertz CT molecular complexity index is 145. The number of hydrogen-bond donors (Lipinski definition) is 0. The average molecular weight is 188 g/mol. The molecule has 0 saturated carbocycles. The van der Waals surface area contributed by atoms with Crippen molar-refractivity contribution < 1.29 is 22.0 Å². The summed E-state index contributed by atoms with van der Waals surface area (Å²) in [6.07, 6.45) is -6.09. The second kappa shape index (κ2) is 4.42. The van der Waals surface area contributed by atoms with Gasteiger partial charge in [-0.25, -0.2) is 22.0 Å². The zero-order valence-electron chi connectivity index (χ0n) is 6.24. The highest BCUT2D eigenvalue weighted by Crippen LogP contribution is 2.29. The van der Waals surface area contributed by atoms with Crippen LogP contribution in [0, 0.1) is 0 Å². The van der Waals surface area contributed by atoms with Crippen molar-refractivity contribution >= 4 is 0 Å². The first-order valence-electron chi connectivity index (χ1n) is 3.28. The Morgan fingerprint density at radius 3 is 2.17 bits per heavy atom. The van der Waals surface area contributed by atoms with Crippen LogP contribution in [0.15, 0.2) is 12.7 Å². The van der Waals surface area contributed by atoms with E-state index >= 15 is 0 Å². The second-order valence-corrected chi connectivity index (χ2v) is 2.33. The summed E-state index contributed by atoms with van der Waals surface area (Å²) >= 11 is 0. The smallest absolute Gasteiger partial charge is 0.248 e. The molecule has 0 heterocycles. The van der Waals surface area contributed by atoms with Gasteiger partial charge >= 0.3 is 0 Å². The largest absolute Gasteiger partial charge is 0.285 e. The Hall–Kier alpha value is -0.610. The number of hydrogen-bond acceptors (Lipinski definition) is 0. The molecule has 0 rings (SSSR count). The van der Waals surface area contributed by atoms with Crippen molar-refractivity contribution in [2.75, 3.05) is 6.67 Å². The first-order valence-corrected chi connectivity index (χ1v) is 3.28. The Balaban J connectivity index is 4.22. The fourth-order valence-corrected chi connectivity index (χ4v) is 0.648. The van der Waals surface area contributed by atoms with Crippen LogP contribution in [0.2, 0.25) is 0 Å². The first kappa shape index (κ1) is 11.4. The summed E-state index contributed by atoms with van der Waals surface area (Å²) < 4.78 is 60.7. The van der Waals surface area contributed by atoms with E-state index in [0.717, 1.165) is 6.08 Å². The predicted molar refractivity (Wildman–Crippen MR) is 35.5 cm³/mol. The van der Waals surface area contributed by atoms with Gasteiger partial charge in [0.25, 0.3) is 5.92 Å². The Morgan fingerprint density at radius 2 is 1.83 bits per heavy atom. The van der Waals surface area contributed by atoms with Crippen molar-refractivity contribution in [3.05, 3.63) is 12.7 Å². The van der Waals surface area contributed by atoms with Crippen molar-refractivity contribution in [2.24, 2.45) is 0 Å². The molecule has 0 aromatic rings. The summed E-state index contributed by atoms with van der Waals surface area (Å²) in [5, 5.41) is 0. The van der Waals surface area contributed by atoms with Crippen molar-refractivity contribution in [2.45, 2.75) is 24.7 Å². The zero-order valence-corrected chi connectivity index (χ0v) is 6.24. The van der Waals surface area contributed by atoms with E-state index < -0.39 is 31.4 Å². The monoisotopic (exact) mass is 188 g/mol. The maximum atomic E-state index is 12.4. The van der Waals surface area contributed by atoms with Crippen LogP contribution in [-0.2, 0) is 0 Å². The number of alkyl halides is 5. The maximum absolute atomic E-state index is 12.4. The molecule has 0 N–H and O–H groups in total. The Kier molecular flexibility index (Phi) is 4.20. The minimum Gasteiger partial charge on any atom is -0.248 e. The average Bonchev–Trinajstić information content (AvgIpc) is 2.01. The molecule has 0 aliphatic rings. The molecule has 2 atom stereocenters. The molecule has 0 aliphatic heterocycles. The van der Waals surface area contributed by atoms with E-state index in [1.54, 1.807) is 0 Å². The van der Waals surface area contributed by atoms with Crippen molar-refractivity contribution in [1.82, 2.24) is 0 Å². The van der Waals surface area contributed by atoms with Gasteiger partial charge in [-0.05, 0) is 0 Å². The summed E-state index contributed by atoms with van der Waals surface area (Å²) in [6, 6.07) is 0. The Morgan fingerprint density at radius 1 is 1.33 bits per heavy atom. The van der Waals surface area contributed by atoms with Gasteiger partial charge in [-0.1, -0.05) is 6.08 Å². The summed E-state index contributed by atoms with van der Waals surface area (Å²) in [6.45, 7) is 1.21. The van der Waals surface area contributed by atoms with Gasteiger partial charge < -0.3 is 0 Å². The first-order chi connectivity index (χ1) is 5.45. The molecule has 0 aromatic heterocycles. The van der Waals surface area contributed by atoms with E-state index in [-0.39, 0.29) is 0 Å². The lowest BCUT2D eigenvalue weighted by atomic mass is 10.1. The highest BCUT2D eigenvalue weighted by molar-refractivity contribution is 4.88. The van der Waals surface area contributed by atoms with Crippen LogP contribution in [-0.4, -0.2) is 24.9 Å². The molecular formula is C7H9F5. The van der Waals surface area contributed by atoms with Crippen LogP contribution < -0.4 is 0 Å². The maximum Gasteiger partial charge on any atom is 0.285 e. The van der Waals surface area contributed by atoms with E-state index in [0.29, 0.717) is 0 Å². The van der Waals surface area contributed by atoms with E-state index in [9.17, 15) is 22.0 Å². The van der Waals surface area contributed by atoms with Gasteiger partial charge in [0.1, 0.15) is 6.67 Å². The van der Waals surface area contributed by atoms with Crippen molar-refractivity contribution in [1.29, 1.82) is 0 Å². The molecule has 0 spiro atoms. The summed E-state index contributed by atoms with van der Waals surface area (Å²) in [5.74, 6) is -3.87. The fraction of sp³-hybridized carbons (Fsp3) is 0.714. The van der Waals surface area contributed by atoms with Gasteiger partial charge in [0.05, 0.1) is 0 Å². The molecule has 0 saturated heterocycles. The standard InChI is InChI=1S/C7H9F5/c1-2-3-7(11,12)6(10)5(9)4-8/h2,5-6H,1,3-4H2. The summed E-state index contributed by atoms with van der Waals surface area (Å²) in [4.78, 5) is 0. The summed E-state index contributed by atoms with van der Waals surface area (Å²) in [7, 11) is 0. The molecule has 0 nitrogen and oxygen atoms in total. The van der Waals surface area contributed by atoms with Crippen LogP contribution in [0.5, 0.6) is 0 Å². The van der Waals surface area contributed by atoms with Crippen molar-refractivity contribution in [3.63, 3.8) is 0 Å². The van der Waals surface area contributed by atoms with Gasteiger partial charge in [-0.2, -0.15) is 0 Å². The topological polar surface area (TPSA) is 0 Å². The van der Waals surface area contributed by atoms with Crippen LogP contribution in [0.25, 0.3) is 0 Å². The van der Waals surface area contributed by atoms with Gasteiger partial charge in [0.2, 0.25) is 0 Å². The molecule has 2 unspecified atom stereocenters. The van der Waals surface area contributed by atoms with Crippen LogP contribution in [0.3, 0.4) is 0 Å².